The van der Waals surface area contributed by atoms with Crippen molar-refractivity contribution in [3.8, 4) is 10.6 Å². The predicted molar refractivity (Wildman–Crippen MR) is 106 cm³/mol. The highest BCUT2D eigenvalue weighted by Gasteiger charge is 2.37. The van der Waals surface area contributed by atoms with Crippen molar-refractivity contribution in [1.29, 1.82) is 0 Å². The van der Waals surface area contributed by atoms with Gasteiger partial charge in [0.2, 0.25) is 0 Å². The van der Waals surface area contributed by atoms with Gasteiger partial charge in [0.25, 0.3) is 5.91 Å². The summed E-state index contributed by atoms with van der Waals surface area (Å²) < 4.78 is 42.0. The van der Waals surface area contributed by atoms with Crippen LogP contribution in [0.2, 0.25) is 0 Å². The number of aromatic nitrogens is 3. The zero-order valence-electron chi connectivity index (χ0n) is 16.5. The van der Waals surface area contributed by atoms with Crippen molar-refractivity contribution in [1.82, 2.24) is 19.5 Å². The first-order valence-corrected chi connectivity index (χ1v) is 10.5. The van der Waals surface area contributed by atoms with Crippen LogP contribution in [0, 0.1) is 0 Å². The molecule has 1 aliphatic rings. The summed E-state index contributed by atoms with van der Waals surface area (Å²) >= 11 is 1.32. The molecule has 1 fully saturated rings. The van der Waals surface area contributed by atoms with Crippen molar-refractivity contribution in [2.24, 2.45) is 0 Å². The number of hydrogen-bond donors (Lipinski definition) is 1. The Morgan fingerprint density at radius 3 is 2.70 bits per heavy atom. The van der Waals surface area contributed by atoms with Gasteiger partial charge in [-0.05, 0) is 44.2 Å². The fraction of sp³-hybridized carbons (Fsp3) is 0.450. The molecule has 4 rings (SSSR count). The molecular weight excluding hydrogens is 417 g/mol. The molecule has 10 heteroatoms. The SMILES string of the molecule is CC(C)(O)C(=O)N1CCC[C@H](c2cc3nc(-c4cccs4)cc(C(F)(F)F)n3n2)C1. The van der Waals surface area contributed by atoms with Crippen molar-refractivity contribution in [2.75, 3.05) is 13.1 Å². The molecule has 3 aromatic rings. The molecule has 0 aliphatic carbocycles. The molecule has 30 heavy (non-hydrogen) atoms. The molecule has 1 N–H and O–H groups in total. The van der Waals surface area contributed by atoms with Gasteiger partial charge >= 0.3 is 6.18 Å². The summed E-state index contributed by atoms with van der Waals surface area (Å²) in [5.74, 6) is -0.622. The number of piperidine rings is 1. The zero-order valence-corrected chi connectivity index (χ0v) is 17.3. The Morgan fingerprint density at radius 1 is 1.30 bits per heavy atom. The minimum Gasteiger partial charge on any atom is -0.381 e. The number of amides is 1. The molecule has 0 aromatic carbocycles. The maximum atomic E-state index is 13.7. The number of carbonyl (C=O) groups is 1. The molecule has 0 unspecified atom stereocenters. The van der Waals surface area contributed by atoms with Gasteiger partial charge in [-0.15, -0.1) is 11.3 Å². The van der Waals surface area contributed by atoms with Gasteiger partial charge in [0.15, 0.2) is 11.3 Å². The van der Waals surface area contributed by atoms with Crippen LogP contribution in [0.15, 0.2) is 29.6 Å². The lowest BCUT2D eigenvalue weighted by molar-refractivity contribution is -0.149. The number of likely N-dealkylation sites (tertiary alicyclic amines) is 1. The van der Waals surface area contributed by atoms with E-state index in [2.05, 4.69) is 10.1 Å². The largest absolute Gasteiger partial charge is 0.433 e. The third-order valence-electron chi connectivity index (χ3n) is 5.16. The molecule has 0 bridgehead atoms. The number of aliphatic hydroxyl groups is 1. The van der Waals surface area contributed by atoms with E-state index in [1.54, 1.807) is 28.5 Å². The lowest BCUT2D eigenvalue weighted by atomic mass is 9.93. The van der Waals surface area contributed by atoms with Gasteiger partial charge in [0.05, 0.1) is 16.3 Å². The van der Waals surface area contributed by atoms with E-state index in [0.717, 1.165) is 10.6 Å². The van der Waals surface area contributed by atoms with Crippen molar-refractivity contribution in [3.05, 3.63) is 41.0 Å². The summed E-state index contributed by atoms with van der Waals surface area (Å²) in [6.07, 6.45) is -3.22. The minimum atomic E-state index is -4.59. The van der Waals surface area contributed by atoms with Crippen LogP contribution >= 0.6 is 11.3 Å². The van der Waals surface area contributed by atoms with Gasteiger partial charge in [-0.1, -0.05) is 6.07 Å². The Morgan fingerprint density at radius 2 is 2.07 bits per heavy atom. The highest BCUT2D eigenvalue weighted by Crippen LogP contribution is 2.35. The highest BCUT2D eigenvalue weighted by atomic mass is 32.1. The number of halogens is 3. The minimum absolute atomic E-state index is 0.120. The maximum absolute atomic E-state index is 13.7. The summed E-state index contributed by atoms with van der Waals surface area (Å²) in [5.41, 5.74) is -1.55. The van der Waals surface area contributed by atoms with E-state index in [0.29, 0.717) is 36.5 Å². The lowest BCUT2D eigenvalue weighted by Crippen LogP contribution is -2.48. The summed E-state index contributed by atoms with van der Waals surface area (Å²) in [7, 11) is 0. The second kappa shape index (κ2) is 7.35. The Bertz CT molecular complexity index is 1070. The summed E-state index contributed by atoms with van der Waals surface area (Å²) in [4.78, 5) is 19.0. The van der Waals surface area contributed by atoms with Gasteiger partial charge in [-0.3, -0.25) is 4.79 Å². The van der Waals surface area contributed by atoms with Crippen LogP contribution in [0.5, 0.6) is 0 Å². The second-order valence-electron chi connectivity index (χ2n) is 7.99. The fourth-order valence-electron chi connectivity index (χ4n) is 3.73. The molecule has 3 aromatic heterocycles. The number of rotatable bonds is 3. The van der Waals surface area contributed by atoms with Gasteiger partial charge in [-0.25, -0.2) is 9.50 Å². The average molecular weight is 438 g/mol. The molecule has 1 amide bonds. The van der Waals surface area contributed by atoms with E-state index in [-0.39, 0.29) is 17.3 Å². The fourth-order valence-corrected chi connectivity index (χ4v) is 4.42. The maximum Gasteiger partial charge on any atom is 0.433 e. The first-order chi connectivity index (χ1) is 14.0. The summed E-state index contributed by atoms with van der Waals surface area (Å²) in [5, 5.41) is 16.0. The number of carbonyl (C=O) groups excluding carboxylic acids is 1. The van der Waals surface area contributed by atoms with Gasteiger partial charge in [0.1, 0.15) is 5.60 Å². The van der Waals surface area contributed by atoms with Crippen LogP contribution in [0.3, 0.4) is 0 Å². The number of thiophene rings is 1. The number of nitrogens with zero attached hydrogens (tertiary/aromatic N) is 4. The Balaban J connectivity index is 1.73. The normalized spacial score (nSPS) is 18.2. The molecule has 1 aliphatic heterocycles. The number of fused-ring (bicyclic) bond motifs is 1. The first kappa shape index (κ1) is 20.8. The Labute approximate surface area is 175 Å². The van der Waals surface area contributed by atoms with Crippen molar-refractivity contribution in [2.45, 2.75) is 44.4 Å². The molecule has 6 nitrogen and oxygen atoms in total. The molecule has 0 radical (unpaired) electrons. The third-order valence-corrected chi connectivity index (χ3v) is 6.05. The van der Waals surface area contributed by atoms with E-state index in [1.807, 2.05) is 0 Å². The first-order valence-electron chi connectivity index (χ1n) is 9.57. The summed E-state index contributed by atoms with van der Waals surface area (Å²) in [6.45, 7) is 3.65. The average Bonchev–Trinajstić information content (AvgIpc) is 3.34. The Hall–Kier alpha value is -2.46. The van der Waals surface area contributed by atoms with Crippen LogP contribution in [0.25, 0.3) is 16.2 Å². The monoisotopic (exact) mass is 438 g/mol. The third kappa shape index (κ3) is 3.93. The second-order valence-corrected chi connectivity index (χ2v) is 8.94. The van der Waals surface area contributed by atoms with Crippen LogP contribution in [0.1, 0.15) is 44.0 Å². The molecule has 1 atom stereocenters. The molecule has 0 saturated carbocycles. The van der Waals surface area contributed by atoms with Crippen LogP contribution in [0.4, 0.5) is 13.2 Å². The van der Waals surface area contributed by atoms with E-state index >= 15 is 0 Å². The molecule has 4 heterocycles. The molecular formula is C20H21F3N4O2S. The number of hydrogen-bond acceptors (Lipinski definition) is 5. The number of alkyl halides is 3. The molecule has 1 saturated heterocycles. The van der Waals surface area contributed by atoms with E-state index < -0.39 is 23.4 Å². The summed E-state index contributed by atoms with van der Waals surface area (Å²) in [6, 6.07) is 6.06. The van der Waals surface area contributed by atoms with E-state index in [4.69, 9.17) is 0 Å². The quantitative estimate of drug-likeness (QED) is 0.672. The van der Waals surface area contributed by atoms with E-state index in [9.17, 15) is 23.1 Å². The standard InChI is InChI=1S/C20H21F3N4O2S/c1-19(2,29)18(28)26-7-3-5-12(11-26)13-10-17-24-14(15-6-4-8-30-15)9-16(20(21,22)23)27(17)25-13/h4,6,8-10,12,29H,3,5,7,11H2,1-2H3/t12-/m0/s1. The van der Waals surface area contributed by atoms with Crippen molar-refractivity contribution < 1.29 is 23.1 Å². The van der Waals surface area contributed by atoms with Crippen LogP contribution < -0.4 is 0 Å². The van der Waals surface area contributed by atoms with Crippen LogP contribution in [-0.2, 0) is 11.0 Å². The van der Waals surface area contributed by atoms with Crippen LogP contribution in [-0.4, -0.2) is 49.2 Å². The lowest BCUT2D eigenvalue weighted by Gasteiger charge is -2.35. The zero-order chi connectivity index (χ0) is 21.7. The van der Waals surface area contributed by atoms with Crippen molar-refractivity contribution in [3.63, 3.8) is 0 Å². The topological polar surface area (TPSA) is 70.7 Å². The van der Waals surface area contributed by atoms with E-state index in [1.165, 1.54) is 25.2 Å². The van der Waals surface area contributed by atoms with Gasteiger partial charge in [0, 0.05) is 25.1 Å². The predicted octanol–water partition coefficient (Wildman–Crippen LogP) is 3.95. The molecule has 160 valence electrons. The van der Waals surface area contributed by atoms with Gasteiger partial charge < -0.3 is 10.0 Å². The smallest absolute Gasteiger partial charge is 0.381 e. The Kier molecular flexibility index (Phi) is 5.09. The van der Waals surface area contributed by atoms with Crippen molar-refractivity contribution >= 4 is 22.9 Å². The van der Waals surface area contributed by atoms with Gasteiger partial charge in [-0.2, -0.15) is 18.3 Å². The molecule has 0 spiro atoms. The highest BCUT2D eigenvalue weighted by molar-refractivity contribution is 7.13.